The number of hydrogen-bond acceptors (Lipinski definition) is 5. The van der Waals surface area contributed by atoms with Gasteiger partial charge in [0, 0.05) is 18.6 Å². The van der Waals surface area contributed by atoms with Crippen LogP contribution < -0.4 is 0 Å². The van der Waals surface area contributed by atoms with Crippen molar-refractivity contribution in [2.24, 2.45) is 0 Å². The summed E-state index contributed by atoms with van der Waals surface area (Å²) in [6.07, 6.45) is 0.988. The Hall–Kier alpha value is -1.36. The van der Waals surface area contributed by atoms with Gasteiger partial charge >= 0.3 is 11.9 Å². The van der Waals surface area contributed by atoms with E-state index >= 15 is 0 Å². The second-order valence-electron chi connectivity index (χ2n) is 2.16. The molecule has 0 spiro atoms. The van der Waals surface area contributed by atoms with Gasteiger partial charge in [-0.3, -0.25) is 0 Å². The van der Waals surface area contributed by atoms with Crippen LogP contribution in [0.3, 0.4) is 0 Å². The highest BCUT2D eigenvalue weighted by Gasteiger charge is 2.05. The van der Waals surface area contributed by atoms with Gasteiger partial charge in [-0.15, -0.1) is 0 Å². The summed E-state index contributed by atoms with van der Waals surface area (Å²) in [6.45, 7) is 1.65. The molecule has 0 fully saturated rings. The van der Waals surface area contributed by atoms with E-state index in [1.165, 1.54) is 7.11 Å². The van der Waals surface area contributed by atoms with Crippen LogP contribution in [0.25, 0.3) is 0 Å². The maximum absolute atomic E-state index is 10.8. The summed E-state index contributed by atoms with van der Waals surface area (Å²) in [5, 5.41) is 8.86. The number of hydrogen-bond donors (Lipinski definition) is 1. The van der Waals surface area contributed by atoms with Crippen molar-refractivity contribution >= 4 is 11.9 Å². The van der Waals surface area contributed by atoms with Crippen molar-refractivity contribution in [2.75, 3.05) is 7.11 Å². The highest BCUT2D eigenvalue weighted by molar-refractivity contribution is 5.91. The molecule has 0 aromatic rings. The zero-order valence-electron chi connectivity index (χ0n) is 7.52. The van der Waals surface area contributed by atoms with Crippen molar-refractivity contribution in [1.82, 2.24) is 0 Å². The third-order valence-corrected chi connectivity index (χ3v) is 1.16. The molecular weight excluding hydrogens is 176 g/mol. The number of ether oxygens (including phenoxy) is 2. The Bertz CT molecular complexity index is 209. The predicted molar refractivity (Wildman–Crippen MR) is 43.5 cm³/mol. The monoisotopic (exact) mass is 188 g/mol. The van der Waals surface area contributed by atoms with E-state index in [4.69, 9.17) is 5.11 Å². The molecule has 0 radical (unpaired) electrons. The minimum absolute atomic E-state index is 0.303. The zero-order valence-corrected chi connectivity index (χ0v) is 7.52. The van der Waals surface area contributed by atoms with E-state index in [0.29, 0.717) is 6.42 Å². The number of aliphatic hydroxyl groups is 1. The van der Waals surface area contributed by atoms with Crippen LogP contribution in [0.2, 0.25) is 0 Å². The summed E-state index contributed by atoms with van der Waals surface area (Å²) in [7, 11) is 1.19. The van der Waals surface area contributed by atoms with Crippen molar-refractivity contribution in [3.63, 3.8) is 0 Å². The van der Waals surface area contributed by atoms with E-state index in [1.54, 1.807) is 6.92 Å². The second kappa shape index (κ2) is 6.19. The van der Waals surface area contributed by atoms with Crippen molar-refractivity contribution in [1.29, 1.82) is 0 Å². The molecule has 0 amide bonds. The molecule has 5 nitrogen and oxygen atoms in total. The quantitative estimate of drug-likeness (QED) is 0.381. The van der Waals surface area contributed by atoms with Crippen LogP contribution in [0, 0.1) is 0 Å². The van der Waals surface area contributed by atoms with E-state index in [0.717, 1.165) is 12.2 Å². The Balaban J connectivity index is 3.87. The molecule has 0 aromatic heterocycles. The SMILES string of the molecule is CCC(O)OC(=O)/C=C/C(=O)OC. The molecule has 0 saturated carbocycles. The molecule has 5 heteroatoms. The van der Waals surface area contributed by atoms with Crippen molar-refractivity contribution in [2.45, 2.75) is 19.6 Å². The van der Waals surface area contributed by atoms with Crippen LogP contribution in [0.5, 0.6) is 0 Å². The van der Waals surface area contributed by atoms with E-state index in [9.17, 15) is 9.59 Å². The van der Waals surface area contributed by atoms with Crippen molar-refractivity contribution in [3.8, 4) is 0 Å². The van der Waals surface area contributed by atoms with Gasteiger partial charge in [-0.05, 0) is 0 Å². The molecule has 0 bridgehead atoms. The van der Waals surface area contributed by atoms with Crippen LogP contribution in [0.15, 0.2) is 12.2 Å². The summed E-state index contributed by atoms with van der Waals surface area (Å²) in [5.41, 5.74) is 0. The lowest BCUT2D eigenvalue weighted by atomic mass is 10.4. The number of esters is 2. The van der Waals surface area contributed by atoms with Gasteiger partial charge in [-0.2, -0.15) is 0 Å². The van der Waals surface area contributed by atoms with Gasteiger partial charge in [-0.25, -0.2) is 9.59 Å². The van der Waals surface area contributed by atoms with E-state index in [1.807, 2.05) is 0 Å². The predicted octanol–water partition coefficient (Wildman–Crippen LogP) is -0.0128. The summed E-state index contributed by atoms with van der Waals surface area (Å²) in [5.74, 6) is -1.43. The van der Waals surface area contributed by atoms with Gasteiger partial charge in [0.05, 0.1) is 7.11 Å². The lowest BCUT2D eigenvalue weighted by molar-refractivity contribution is -0.162. The van der Waals surface area contributed by atoms with Crippen LogP contribution >= 0.6 is 0 Å². The lowest BCUT2D eigenvalue weighted by Crippen LogP contribution is -2.14. The fourth-order valence-corrected chi connectivity index (χ4v) is 0.461. The first-order chi connectivity index (χ1) is 6.10. The highest BCUT2D eigenvalue weighted by Crippen LogP contribution is 1.94. The molecule has 0 saturated heterocycles. The van der Waals surface area contributed by atoms with Crippen LogP contribution in [0.4, 0.5) is 0 Å². The number of aliphatic hydroxyl groups excluding tert-OH is 1. The normalized spacial score (nSPS) is 12.5. The maximum atomic E-state index is 10.8. The largest absolute Gasteiger partial charge is 0.466 e. The first-order valence-electron chi connectivity index (χ1n) is 3.74. The smallest absolute Gasteiger partial charge is 0.333 e. The standard InChI is InChI=1S/C8H12O5/c1-3-6(9)13-8(11)5-4-7(10)12-2/h4-6,9H,3H2,1-2H3/b5-4+. The Morgan fingerprint density at radius 2 is 1.92 bits per heavy atom. The second-order valence-corrected chi connectivity index (χ2v) is 2.16. The van der Waals surface area contributed by atoms with Crippen molar-refractivity contribution < 1.29 is 24.2 Å². The fraction of sp³-hybridized carbons (Fsp3) is 0.500. The van der Waals surface area contributed by atoms with Crippen LogP contribution in [-0.4, -0.2) is 30.4 Å². The Morgan fingerprint density at radius 3 is 2.38 bits per heavy atom. The summed E-state index contributed by atoms with van der Waals surface area (Å²) in [6, 6.07) is 0. The maximum Gasteiger partial charge on any atom is 0.333 e. The van der Waals surface area contributed by atoms with Gasteiger partial charge in [0.2, 0.25) is 6.29 Å². The molecule has 1 atom stereocenters. The summed E-state index contributed by atoms with van der Waals surface area (Å²) in [4.78, 5) is 21.2. The third-order valence-electron chi connectivity index (χ3n) is 1.16. The molecule has 0 heterocycles. The molecule has 0 aromatic carbocycles. The number of rotatable bonds is 4. The van der Waals surface area contributed by atoms with Crippen LogP contribution in [0.1, 0.15) is 13.3 Å². The van der Waals surface area contributed by atoms with Gasteiger partial charge in [0.15, 0.2) is 0 Å². The molecule has 0 aliphatic rings. The molecule has 1 unspecified atom stereocenters. The fourth-order valence-electron chi connectivity index (χ4n) is 0.461. The Morgan fingerprint density at radius 1 is 1.38 bits per heavy atom. The topological polar surface area (TPSA) is 72.8 Å². The van der Waals surface area contributed by atoms with Crippen molar-refractivity contribution in [3.05, 3.63) is 12.2 Å². The lowest BCUT2D eigenvalue weighted by Gasteiger charge is -2.06. The molecule has 0 aliphatic carbocycles. The average Bonchev–Trinajstić information content (AvgIpc) is 2.13. The third kappa shape index (κ3) is 5.86. The van der Waals surface area contributed by atoms with E-state index < -0.39 is 18.2 Å². The number of carbonyl (C=O) groups excluding carboxylic acids is 2. The number of carbonyl (C=O) groups is 2. The first kappa shape index (κ1) is 11.6. The number of methoxy groups -OCH3 is 1. The van der Waals surface area contributed by atoms with Gasteiger partial charge in [0.1, 0.15) is 0 Å². The Labute approximate surface area is 75.9 Å². The summed E-state index contributed by atoms with van der Waals surface area (Å²) < 4.78 is 8.65. The Kier molecular flexibility index (Phi) is 5.54. The van der Waals surface area contributed by atoms with E-state index in [-0.39, 0.29) is 0 Å². The van der Waals surface area contributed by atoms with Gasteiger partial charge < -0.3 is 14.6 Å². The van der Waals surface area contributed by atoms with Gasteiger partial charge in [0.25, 0.3) is 0 Å². The van der Waals surface area contributed by atoms with E-state index in [2.05, 4.69) is 9.47 Å². The molecule has 0 rings (SSSR count). The minimum Gasteiger partial charge on any atom is -0.466 e. The molecular formula is C8H12O5. The molecule has 0 aliphatic heterocycles. The summed E-state index contributed by atoms with van der Waals surface area (Å²) >= 11 is 0. The highest BCUT2D eigenvalue weighted by atomic mass is 16.6. The zero-order chi connectivity index (χ0) is 10.3. The molecule has 1 N–H and O–H groups in total. The first-order valence-corrected chi connectivity index (χ1v) is 3.74. The minimum atomic E-state index is -1.13. The average molecular weight is 188 g/mol. The van der Waals surface area contributed by atoms with Gasteiger partial charge in [-0.1, -0.05) is 6.92 Å². The molecule has 74 valence electrons. The van der Waals surface area contributed by atoms with Crippen LogP contribution in [-0.2, 0) is 19.1 Å². The molecule has 13 heavy (non-hydrogen) atoms.